The van der Waals surface area contributed by atoms with Gasteiger partial charge in [0.2, 0.25) is 0 Å². The molecule has 0 aliphatic carbocycles. The minimum Gasteiger partial charge on any atom is -0.508 e. The van der Waals surface area contributed by atoms with Gasteiger partial charge in [-0.2, -0.15) is 0 Å². The minimum absolute atomic E-state index is 0. The van der Waals surface area contributed by atoms with Gasteiger partial charge in [0.15, 0.2) is 0 Å². The molecule has 4 rings (SSSR count). The van der Waals surface area contributed by atoms with Gasteiger partial charge >= 0.3 is 5.97 Å². The number of esters is 1. The molecule has 0 spiro atoms. The summed E-state index contributed by atoms with van der Waals surface area (Å²) in [6, 6.07) is 13.4. The Hall–Kier alpha value is -2.50. The lowest BCUT2D eigenvalue weighted by Gasteiger charge is -2.33. The number of halogens is 1. The van der Waals surface area contributed by atoms with Crippen molar-refractivity contribution in [2.45, 2.75) is 45.7 Å². The second kappa shape index (κ2) is 9.54. The number of carbonyl (C=O) groups is 1. The van der Waals surface area contributed by atoms with Crippen molar-refractivity contribution in [1.82, 2.24) is 4.90 Å². The first-order valence-electron chi connectivity index (χ1n) is 10.3. The van der Waals surface area contributed by atoms with Crippen molar-refractivity contribution in [1.29, 1.82) is 0 Å². The number of furan rings is 1. The average Bonchev–Trinajstić information content (AvgIpc) is 3.12. The molecule has 30 heavy (non-hydrogen) atoms. The summed E-state index contributed by atoms with van der Waals surface area (Å²) in [4.78, 5) is 15.3. The van der Waals surface area contributed by atoms with Crippen LogP contribution < -0.4 is 0 Å². The second-order valence-electron chi connectivity index (χ2n) is 7.64. The number of fused-ring (bicyclic) bond motifs is 1. The summed E-state index contributed by atoms with van der Waals surface area (Å²) in [6.45, 7) is 5.83. The number of likely N-dealkylation sites (tertiary alicyclic amines) is 1. The van der Waals surface area contributed by atoms with Crippen molar-refractivity contribution in [2.75, 3.05) is 13.2 Å². The summed E-state index contributed by atoms with van der Waals surface area (Å²) in [5.41, 5.74) is 2.52. The van der Waals surface area contributed by atoms with Crippen LogP contribution in [0, 0.1) is 0 Å². The SMILES string of the molecule is CCOC(=O)c1c(-c2ccccc2)oc2ccc(O)c(CN3CCCCC3C)c12.Cl. The first kappa shape index (κ1) is 22.2. The fraction of sp³-hybridized carbons (Fsp3) is 0.375. The van der Waals surface area contributed by atoms with E-state index in [1.807, 2.05) is 30.3 Å². The molecule has 1 atom stereocenters. The minimum atomic E-state index is -0.427. The number of aromatic hydroxyl groups is 1. The monoisotopic (exact) mass is 429 g/mol. The van der Waals surface area contributed by atoms with Gasteiger partial charge in [-0.05, 0) is 45.4 Å². The number of phenolic OH excluding ortho intramolecular Hbond substituents is 1. The number of nitrogens with zero attached hydrogens (tertiary/aromatic N) is 1. The highest BCUT2D eigenvalue weighted by Crippen LogP contribution is 2.40. The van der Waals surface area contributed by atoms with E-state index in [9.17, 15) is 9.90 Å². The Morgan fingerprint density at radius 2 is 1.97 bits per heavy atom. The van der Waals surface area contributed by atoms with E-state index >= 15 is 0 Å². The molecule has 1 aliphatic rings. The van der Waals surface area contributed by atoms with Gasteiger partial charge in [0.05, 0.1) is 6.61 Å². The maximum Gasteiger partial charge on any atom is 0.342 e. The lowest BCUT2D eigenvalue weighted by atomic mass is 9.98. The van der Waals surface area contributed by atoms with E-state index in [1.165, 1.54) is 6.42 Å². The molecule has 2 aromatic carbocycles. The van der Waals surface area contributed by atoms with Gasteiger partial charge < -0.3 is 14.3 Å². The fourth-order valence-electron chi connectivity index (χ4n) is 4.20. The molecule has 1 aromatic heterocycles. The third-order valence-electron chi connectivity index (χ3n) is 5.76. The molecule has 0 bridgehead atoms. The van der Waals surface area contributed by atoms with Gasteiger partial charge in [0.25, 0.3) is 0 Å². The number of hydrogen-bond acceptors (Lipinski definition) is 5. The van der Waals surface area contributed by atoms with Crippen LogP contribution >= 0.6 is 12.4 Å². The third kappa shape index (κ3) is 4.18. The van der Waals surface area contributed by atoms with Crippen LogP contribution in [0.1, 0.15) is 49.0 Å². The number of hydrogen-bond donors (Lipinski definition) is 1. The fourth-order valence-corrected chi connectivity index (χ4v) is 4.20. The molecule has 1 fully saturated rings. The highest BCUT2D eigenvalue weighted by molar-refractivity contribution is 6.10. The molecule has 5 nitrogen and oxygen atoms in total. The normalized spacial score (nSPS) is 16.9. The van der Waals surface area contributed by atoms with Crippen molar-refractivity contribution in [3.8, 4) is 17.1 Å². The number of ether oxygens (including phenoxy) is 1. The first-order valence-corrected chi connectivity index (χ1v) is 10.3. The molecule has 3 aromatic rings. The number of carbonyl (C=O) groups excluding carboxylic acids is 1. The molecule has 2 heterocycles. The Labute approximate surface area is 183 Å². The van der Waals surface area contributed by atoms with Gasteiger partial charge in [-0.25, -0.2) is 4.79 Å². The van der Waals surface area contributed by atoms with E-state index in [1.54, 1.807) is 19.1 Å². The maximum atomic E-state index is 13.0. The largest absolute Gasteiger partial charge is 0.508 e. The van der Waals surface area contributed by atoms with Crippen LogP contribution in [0.4, 0.5) is 0 Å². The van der Waals surface area contributed by atoms with E-state index in [-0.39, 0.29) is 24.8 Å². The summed E-state index contributed by atoms with van der Waals surface area (Å²) >= 11 is 0. The lowest BCUT2D eigenvalue weighted by molar-refractivity contribution is 0.0528. The van der Waals surface area contributed by atoms with Gasteiger partial charge in [-0.15, -0.1) is 12.4 Å². The maximum absolute atomic E-state index is 13.0. The Kier molecular flexibility index (Phi) is 7.06. The first-order chi connectivity index (χ1) is 14.1. The molecule has 0 saturated carbocycles. The zero-order valence-corrected chi connectivity index (χ0v) is 18.2. The summed E-state index contributed by atoms with van der Waals surface area (Å²) in [7, 11) is 0. The van der Waals surface area contributed by atoms with Crippen LogP contribution in [0.25, 0.3) is 22.3 Å². The van der Waals surface area contributed by atoms with Crippen LogP contribution in [-0.2, 0) is 11.3 Å². The molecule has 6 heteroatoms. The molecule has 0 radical (unpaired) electrons. The quantitative estimate of drug-likeness (QED) is 0.521. The number of phenols is 1. The Bertz CT molecular complexity index is 1010. The highest BCUT2D eigenvalue weighted by Gasteiger charge is 2.28. The molecule has 1 N–H and O–H groups in total. The van der Waals surface area contributed by atoms with E-state index < -0.39 is 5.97 Å². The molecular formula is C24H28ClNO4. The lowest BCUT2D eigenvalue weighted by Crippen LogP contribution is -2.36. The van der Waals surface area contributed by atoms with Crippen molar-refractivity contribution >= 4 is 29.3 Å². The molecule has 1 unspecified atom stereocenters. The Morgan fingerprint density at radius 1 is 1.20 bits per heavy atom. The zero-order valence-electron chi connectivity index (χ0n) is 17.4. The summed E-state index contributed by atoms with van der Waals surface area (Å²) in [6.07, 6.45) is 3.51. The van der Waals surface area contributed by atoms with Crippen molar-refractivity contribution in [2.24, 2.45) is 0 Å². The molecule has 1 aliphatic heterocycles. The van der Waals surface area contributed by atoms with Gasteiger partial charge in [-0.3, -0.25) is 4.90 Å². The second-order valence-corrected chi connectivity index (χ2v) is 7.64. The molecule has 0 amide bonds. The number of rotatable bonds is 5. The Morgan fingerprint density at radius 3 is 2.67 bits per heavy atom. The number of piperidine rings is 1. The molecular weight excluding hydrogens is 402 g/mol. The average molecular weight is 430 g/mol. The molecule has 160 valence electrons. The van der Waals surface area contributed by atoms with Gasteiger partial charge in [0.1, 0.15) is 22.7 Å². The predicted octanol–water partition coefficient (Wildman–Crippen LogP) is 5.78. The van der Waals surface area contributed by atoms with Gasteiger partial charge in [0, 0.05) is 29.1 Å². The smallest absolute Gasteiger partial charge is 0.342 e. The van der Waals surface area contributed by atoms with E-state index in [2.05, 4.69) is 11.8 Å². The standard InChI is InChI=1S/C24H27NO4.ClH/c1-3-28-24(27)22-21-18(15-25-14-8-7-9-16(25)2)19(26)12-13-20(21)29-23(22)17-10-5-4-6-11-17;/h4-6,10-13,16,26H,3,7-9,14-15H2,1-2H3;1H. The van der Waals surface area contributed by atoms with Crippen LogP contribution in [-0.4, -0.2) is 35.2 Å². The van der Waals surface area contributed by atoms with Crippen LogP contribution in [0.15, 0.2) is 46.9 Å². The van der Waals surface area contributed by atoms with Crippen LogP contribution in [0.3, 0.4) is 0 Å². The van der Waals surface area contributed by atoms with Gasteiger partial charge in [-0.1, -0.05) is 36.8 Å². The summed E-state index contributed by atoms with van der Waals surface area (Å²) in [5.74, 6) is 0.238. The van der Waals surface area contributed by atoms with Crippen molar-refractivity contribution in [3.63, 3.8) is 0 Å². The van der Waals surface area contributed by atoms with E-state index in [4.69, 9.17) is 9.15 Å². The topological polar surface area (TPSA) is 62.9 Å². The highest BCUT2D eigenvalue weighted by atomic mass is 35.5. The van der Waals surface area contributed by atoms with Crippen molar-refractivity contribution < 1.29 is 19.1 Å². The van der Waals surface area contributed by atoms with Crippen molar-refractivity contribution in [3.05, 3.63) is 53.6 Å². The number of benzene rings is 2. The van der Waals surface area contributed by atoms with E-state index in [0.29, 0.717) is 34.9 Å². The summed E-state index contributed by atoms with van der Waals surface area (Å²) < 4.78 is 11.5. The Balaban J connectivity index is 0.00000256. The third-order valence-corrected chi connectivity index (χ3v) is 5.76. The molecule has 1 saturated heterocycles. The van der Waals surface area contributed by atoms with Crippen LogP contribution in [0.2, 0.25) is 0 Å². The van der Waals surface area contributed by atoms with E-state index in [0.717, 1.165) is 30.5 Å². The zero-order chi connectivity index (χ0) is 20.4. The van der Waals surface area contributed by atoms with Crippen LogP contribution in [0.5, 0.6) is 5.75 Å². The summed E-state index contributed by atoms with van der Waals surface area (Å²) in [5, 5.41) is 11.4. The predicted molar refractivity (Wildman–Crippen MR) is 120 cm³/mol.